The van der Waals surface area contributed by atoms with E-state index in [4.69, 9.17) is 15.2 Å². The van der Waals surface area contributed by atoms with Gasteiger partial charge in [0.2, 0.25) is 0 Å². The molecule has 0 heterocycles. The van der Waals surface area contributed by atoms with Crippen LogP contribution >= 0.6 is 0 Å². The summed E-state index contributed by atoms with van der Waals surface area (Å²) in [4.78, 5) is 10.7. The first-order chi connectivity index (χ1) is 7.08. The maximum atomic E-state index is 10.7. The number of primary amides is 1. The lowest BCUT2D eigenvalue weighted by molar-refractivity contribution is 0.259. The van der Waals surface area contributed by atoms with Gasteiger partial charge in [-0.25, -0.2) is 4.79 Å². The van der Waals surface area contributed by atoms with E-state index < -0.39 is 6.03 Å². The fraction of sp³-hybridized carbons (Fsp3) is 0.300. The molecule has 3 N–H and O–H groups in total. The van der Waals surface area contributed by atoms with Crippen molar-refractivity contribution < 1.29 is 14.3 Å². The molecule has 5 nitrogen and oxygen atoms in total. The van der Waals surface area contributed by atoms with Gasteiger partial charge in [0.25, 0.3) is 0 Å². The first kappa shape index (κ1) is 11.2. The Balaban J connectivity index is 3.13. The second kappa shape index (κ2) is 4.54. The molecule has 1 aromatic carbocycles. The molecule has 0 aliphatic rings. The second-order valence-corrected chi connectivity index (χ2v) is 3.01. The molecular formula is C10H14N2O3. The molecular weight excluding hydrogens is 196 g/mol. The van der Waals surface area contributed by atoms with Gasteiger partial charge in [-0.2, -0.15) is 0 Å². The summed E-state index contributed by atoms with van der Waals surface area (Å²) < 4.78 is 10.2. The minimum atomic E-state index is -0.606. The predicted octanol–water partition coefficient (Wildman–Crippen LogP) is 1.50. The Bertz CT molecular complexity index is 377. The summed E-state index contributed by atoms with van der Waals surface area (Å²) >= 11 is 0. The van der Waals surface area contributed by atoms with E-state index in [1.165, 1.54) is 7.11 Å². The first-order valence-electron chi connectivity index (χ1n) is 4.37. The number of urea groups is 1. The molecule has 0 fully saturated rings. The molecule has 0 aliphatic carbocycles. The van der Waals surface area contributed by atoms with Crippen molar-refractivity contribution in [3.8, 4) is 11.5 Å². The monoisotopic (exact) mass is 210 g/mol. The number of carbonyl (C=O) groups is 1. The average molecular weight is 210 g/mol. The number of benzene rings is 1. The van der Waals surface area contributed by atoms with Crippen LogP contribution in [-0.4, -0.2) is 20.3 Å². The fourth-order valence-corrected chi connectivity index (χ4v) is 1.25. The number of aryl methyl sites for hydroxylation is 1. The number of ether oxygens (including phenoxy) is 2. The van der Waals surface area contributed by atoms with Crippen molar-refractivity contribution in [1.82, 2.24) is 0 Å². The largest absolute Gasteiger partial charge is 0.493 e. The van der Waals surface area contributed by atoms with E-state index in [0.29, 0.717) is 17.2 Å². The van der Waals surface area contributed by atoms with Crippen LogP contribution in [0.1, 0.15) is 5.56 Å². The van der Waals surface area contributed by atoms with E-state index in [0.717, 1.165) is 5.56 Å². The summed E-state index contributed by atoms with van der Waals surface area (Å²) in [5.74, 6) is 1.16. The third kappa shape index (κ3) is 2.52. The highest BCUT2D eigenvalue weighted by Crippen LogP contribution is 2.32. The SMILES string of the molecule is COc1cc(C)c(NC(N)=O)cc1OC. The predicted molar refractivity (Wildman–Crippen MR) is 57.5 cm³/mol. The number of methoxy groups -OCH3 is 2. The van der Waals surface area contributed by atoms with Crippen LogP contribution in [-0.2, 0) is 0 Å². The van der Waals surface area contributed by atoms with Crippen LogP contribution in [0.25, 0.3) is 0 Å². The summed E-state index contributed by atoms with van der Waals surface area (Å²) in [5, 5.41) is 2.50. The van der Waals surface area contributed by atoms with Crippen molar-refractivity contribution in [2.24, 2.45) is 5.73 Å². The molecule has 1 rings (SSSR count). The number of amides is 2. The number of hydrogen-bond donors (Lipinski definition) is 2. The Labute approximate surface area is 88.2 Å². The summed E-state index contributed by atoms with van der Waals surface area (Å²) in [6.45, 7) is 1.84. The summed E-state index contributed by atoms with van der Waals surface area (Å²) in [6, 6.07) is 2.83. The van der Waals surface area contributed by atoms with Crippen LogP contribution < -0.4 is 20.5 Å². The average Bonchev–Trinajstić information content (AvgIpc) is 2.19. The Morgan fingerprint density at radius 2 is 1.80 bits per heavy atom. The van der Waals surface area contributed by atoms with Crippen LogP contribution in [0.3, 0.4) is 0 Å². The smallest absolute Gasteiger partial charge is 0.316 e. The number of carbonyl (C=O) groups excluding carboxylic acids is 1. The molecule has 0 bridgehead atoms. The van der Waals surface area contributed by atoms with Crippen molar-refractivity contribution in [2.75, 3.05) is 19.5 Å². The minimum Gasteiger partial charge on any atom is -0.493 e. The quantitative estimate of drug-likeness (QED) is 0.794. The maximum Gasteiger partial charge on any atom is 0.316 e. The van der Waals surface area contributed by atoms with Crippen LogP contribution in [0, 0.1) is 6.92 Å². The topological polar surface area (TPSA) is 73.6 Å². The van der Waals surface area contributed by atoms with Crippen molar-refractivity contribution >= 4 is 11.7 Å². The van der Waals surface area contributed by atoms with Crippen LogP contribution in [0.4, 0.5) is 10.5 Å². The van der Waals surface area contributed by atoms with Crippen molar-refractivity contribution in [3.63, 3.8) is 0 Å². The minimum absolute atomic E-state index is 0.548. The van der Waals surface area contributed by atoms with Crippen LogP contribution in [0.2, 0.25) is 0 Å². The summed E-state index contributed by atoms with van der Waals surface area (Å²) in [7, 11) is 3.08. The van der Waals surface area contributed by atoms with Crippen molar-refractivity contribution in [3.05, 3.63) is 17.7 Å². The molecule has 0 atom stereocenters. The Morgan fingerprint density at radius 3 is 2.27 bits per heavy atom. The normalized spacial score (nSPS) is 9.53. The zero-order chi connectivity index (χ0) is 11.4. The van der Waals surface area contributed by atoms with E-state index in [2.05, 4.69) is 5.32 Å². The molecule has 0 aromatic heterocycles. The highest BCUT2D eigenvalue weighted by Gasteiger charge is 2.09. The zero-order valence-corrected chi connectivity index (χ0v) is 8.96. The summed E-state index contributed by atoms with van der Waals surface area (Å²) in [5.41, 5.74) is 6.50. The highest BCUT2D eigenvalue weighted by atomic mass is 16.5. The lowest BCUT2D eigenvalue weighted by Gasteiger charge is -2.12. The lowest BCUT2D eigenvalue weighted by atomic mass is 10.1. The van der Waals surface area contributed by atoms with Gasteiger partial charge in [-0.15, -0.1) is 0 Å². The molecule has 1 aromatic rings. The molecule has 5 heteroatoms. The Hall–Kier alpha value is -1.91. The maximum absolute atomic E-state index is 10.7. The third-order valence-corrected chi connectivity index (χ3v) is 1.99. The van der Waals surface area contributed by atoms with Gasteiger partial charge in [0.1, 0.15) is 0 Å². The lowest BCUT2D eigenvalue weighted by Crippen LogP contribution is -2.19. The van der Waals surface area contributed by atoms with Gasteiger partial charge >= 0.3 is 6.03 Å². The van der Waals surface area contributed by atoms with Gasteiger partial charge in [0.05, 0.1) is 14.2 Å². The van der Waals surface area contributed by atoms with E-state index in [-0.39, 0.29) is 0 Å². The molecule has 0 saturated carbocycles. The molecule has 0 aliphatic heterocycles. The number of nitrogens with two attached hydrogens (primary N) is 1. The van der Waals surface area contributed by atoms with Gasteiger partial charge < -0.3 is 20.5 Å². The molecule has 0 radical (unpaired) electrons. The van der Waals surface area contributed by atoms with Crippen molar-refractivity contribution in [1.29, 1.82) is 0 Å². The van der Waals surface area contributed by atoms with Crippen LogP contribution in [0.5, 0.6) is 11.5 Å². The molecule has 82 valence electrons. The number of nitrogens with one attached hydrogen (secondary N) is 1. The second-order valence-electron chi connectivity index (χ2n) is 3.01. The van der Waals surface area contributed by atoms with Gasteiger partial charge in [-0.05, 0) is 18.6 Å². The number of rotatable bonds is 3. The Morgan fingerprint density at radius 1 is 1.27 bits per heavy atom. The highest BCUT2D eigenvalue weighted by molar-refractivity contribution is 5.89. The van der Waals surface area contributed by atoms with Gasteiger partial charge in [-0.1, -0.05) is 0 Å². The molecule has 0 spiro atoms. The molecule has 15 heavy (non-hydrogen) atoms. The van der Waals surface area contributed by atoms with E-state index in [1.807, 2.05) is 6.92 Å². The van der Waals surface area contributed by atoms with E-state index in [1.54, 1.807) is 19.2 Å². The third-order valence-electron chi connectivity index (χ3n) is 1.99. The molecule has 0 unspecified atom stereocenters. The summed E-state index contributed by atoms with van der Waals surface area (Å²) in [6.07, 6.45) is 0. The van der Waals surface area contributed by atoms with Gasteiger partial charge in [0.15, 0.2) is 11.5 Å². The zero-order valence-electron chi connectivity index (χ0n) is 8.96. The Kier molecular flexibility index (Phi) is 3.38. The van der Waals surface area contributed by atoms with Gasteiger partial charge in [0, 0.05) is 11.8 Å². The fourth-order valence-electron chi connectivity index (χ4n) is 1.25. The van der Waals surface area contributed by atoms with E-state index in [9.17, 15) is 4.79 Å². The van der Waals surface area contributed by atoms with Crippen molar-refractivity contribution in [2.45, 2.75) is 6.92 Å². The standard InChI is InChI=1S/C10H14N2O3/c1-6-4-8(14-2)9(15-3)5-7(6)12-10(11)13/h4-5H,1-3H3,(H3,11,12,13). The first-order valence-corrected chi connectivity index (χ1v) is 4.37. The number of anilines is 1. The van der Waals surface area contributed by atoms with Crippen LogP contribution in [0.15, 0.2) is 12.1 Å². The van der Waals surface area contributed by atoms with Gasteiger partial charge in [-0.3, -0.25) is 0 Å². The molecule has 2 amide bonds. The molecule has 0 saturated heterocycles. The van der Waals surface area contributed by atoms with E-state index >= 15 is 0 Å². The number of hydrogen-bond acceptors (Lipinski definition) is 3.